The van der Waals surface area contributed by atoms with Crippen LogP contribution in [-0.4, -0.2) is 0 Å². The van der Waals surface area contributed by atoms with E-state index in [1.54, 1.807) is 12.1 Å². The molecule has 1 heteroatoms. The SMILES string of the molecule is [2H]c1c([2H])c([2H])c(-c2ccc3c(c2)oc2cccc(-c4ccc5c(-c6ccc(-c7c8ccccc8c(-c8c([2H])c([2H])c([2H])c([2H])c8[2H])c8ccccc78)cc6)cc6ccccc6c5c4)c23)c([2H])c1[2H]. The number of rotatable bonds is 5. The molecule has 0 spiro atoms. The Morgan fingerprint density at radius 3 is 1.56 bits per heavy atom. The maximum absolute atomic E-state index is 8.92. The van der Waals surface area contributed by atoms with Gasteiger partial charge in [-0.05, 0) is 129 Å². The Morgan fingerprint density at radius 1 is 0.305 bits per heavy atom. The Hall–Kier alpha value is -7.74. The summed E-state index contributed by atoms with van der Waals surface area (Å²) in [5.74, 6) is 0. The lowest BCUT2D eigenvalue weighted by Crippen LogP contribution is -1.91. The second-order valence-corrected chi connectivity index (χ2v) is 14.8. The molecule has 0 aliphatic carbocycles. The summed E-state index contributed by atoms with van der Waals surface area (Å²) in [7, 11) is 0. The lowest BCUT2D eigenvalue weighted by atomic mass is 9.85. The van der Waals surface area contributed by atoms with Crippen LogP contribution in [0.3, 0.4) is 0 Å². The van der Waals surface area contributed by atoms with E-state index in [1.807, 2.05) is 72.8 Å². The van der Waals surface area contributed by atoms with Crippen LogP contribution in [0.1, 0.15) is 13.7 Å². The van der Waals surface area contributed by atoms with Gasteiger partial charge in [0.15, 0.2) is 0 Å². The Labute approximate surface area is 356 Å². The van der Waals surface area contributed by atoms with E-state index in [9.17, 15) is 0 Å². The van der Waals surface area contributed by atoms with Crippen molar-refractivity contribution in [2.75, 3.05) is 0 Å². The van der Waals surface area contributed by atoms with Crippen LogP contribution in [0.15, 0.2) is 223 Å². The quantitative estimate of drug-likeness (QED) is 0.126. The van der Waals surface area contributed by atoms with Gasteiger partial charge in [0.25, 0.3) is 0 Å². The fraction of sp³-hybridized carbons (Fsp3) is 0. The van der Waals surface area contributed by atoms with Gasteiger partial charge in [-0.3, -0.25) is 0 Å². The molecule has 1 nitrogen and oxygen atoms in total. The van der Waals surface area contributed by atoms with E-state index < -0.39 is 12.1 Å². The molecule has 1 aromatic heterocycles. The lowest BCUT2D eigenvalue weighted by molar-refractivity contribution is 0.669. The number of hydrogen-bond acceptors (Lipinski definition) is 1. The Bertz CT molecular complexity index is 4080. The molecule has 0 aliphatic heterocycles. The van der Waals surface area contributed by atoms with Gasteiger partial charge >= 0.3 is 0 Å². The Kier molecular flexibility index (Phi) is 5.65. The van der Waals surface area contributed by atoms with Crippen molar-refractivity contribution in [1.82, 2.24) is 0 Å². The minimum atomic E-state index is -0.433. The van der Waals surface area contributed by atoms with Crippen LogP contribution < -0.4 is 0 Å². The monoisotopic (exact) mass is 758 g/mol. The third-order valence-corrected chi connectivity index (χ3v) is 11.6. The largest absolute Gasteiger partial charge is 0.456 e. The summed E-state index contributed by atoms with van der Waals surface area (Å²) in [5.41, 5.74) is 8.65. The number of benzene rings is 11. The molecule has 0 unspecified atom stereocenters. The van der Waals surface area contributed by atoms with Crippen molar-refractivity contribution in [2.24, 2.45) is 0 Å². The zero-order valence-corrected chi connectivity index (χ0v) is 31.4. The smallest absolute Gasteiger partial charge is 0.136 e. The average Bonchev–Trinajstić information content (AvgIpc) is 3.76. The first-order valence-corrected chi connectivity index (χ1v) is 19.5. The molecule has 11 aromatic carbocycles. The van der Waals surface area contributed by atoms with E-state index in [0.29, 0.717) is 22.3 Å². The molecule has 0 atom stereocenters. The van der Waals surface area contributed by atoms with E-state index >= 15 is 0 Å². The Balaban J connectivity index is 0.990. The molecular formula is C58H36O. The highest BCUT2D eigenvalue weighted by molar-refractivity contribution is 6.22. The fourth-order valence-corrected chi connectivity index (χ4v) is 9.03. The highest BCUT2D eigenvalue weighted by Crippen LogP contribution is 2.45. The molecule has 0 N–H and O–H groups in total. The first-order valence-electron chi connectivity index (χ1n) is 24.5. The molecule has 0 aliphatic rings. The molecule has 12 rings (SSSR count). The van der Waals surface area contributed by atoms with E-state index in [-0.39, 0.29) is 59.5 Å². The molecule has 12 aromatic rings. The minimum absolute atomic E-state index is 0.126. The third kappa shape index (κ3) is 5.40. The molecule has 0 bridgehead atoms. The predicted molar refractivity (Wildman–Crippen MR) is 251 cm³/mol. The highest BCUT2D eigenvalue weighted by atomic mass is 16.3. The number of furan rings is 1. The first-order chi connectivity index (χ1) is 33.4. The van der Waals surface area contributed by atoms with Crippen molar-refractivity contribution in [3.05, 3.63) is 218 Å². The van der Waals surface area contributed by atoms with Crippen molar-refractivity contribution >= 4 is 65.0 Å². The van der Waals surface area contributed by atoms with Crippen molar-refractivity contribution in [1.29, 1.82) is 0 Å². The van der Waals surface area contributed by atoms with E-state index in [2.05, 4.69) is 72.8 Å². The van der Waals surface area contributed by atoms with Gasteiger partial charge < -0.3 is 4.42 Å². The second kappa shape index (κ2) is 13.4. The molecule has 1 heterocycles. The standard InChI is InChI=1S/C58H36O/c1-3-14-37(15-4-1)41-30-33-51-55(36-41)59-54-25-13-24-45(58(51)54)43-31-32-46-52(34-42-18-7-8-19-44(42)53(46)35-43)38-26-28-40(29-27-38)57-49-22-11-9-20-47(49)56(39-16-5-2-6-17-39)48-21-10-12-23-50(48)57/h1-36H/i1D,2D,3D,4D,5D,6D,14D,15D,16D,17D. The zero-order chi connectivity index (χ0) is 47.6. The molecule has 59 heavy (non-hydrogen) atoms. The number of hydrogen-bond donors (Lipinski definition) is 0. The molecule has 274 valence electrons. The van der Waals surface area contributed by atoms with Gasteiger partial charge in [-0.15, -0.1) is 0 Å². The maximum atomic E-state index is 8.92. The summed E-state index contributed by atoms with van der Waals surface area (Å²) < 4.78 is 91.1. The summed E-state index contributed by atoms with van der Waals surface area (Å²) in [4.78, 5) is 0. The van der Waals surface area contributed by atoms with Gasteiger partial charge in [0, 0.05) is 10.8 Å². The van der Waals surface area contributed by atoms with Crippen LogP contribution >= 0.6 is 0 Å². The van der Waals surface area contributed by atoms with Gasteiger partial charge in [0.1, 0.15) is 11.2 Å². The van der Waals surface area contributed by atoms with Crippen LogP contribution in [0.2, 0.25) is 0 Å². The summed E-state index contributed by atoms with van der Waals surface area (Å²) >= 11 is 0. The third-order valence-electron chi connectivity index (χ3n) is 11.6. The van der Waals surface area contributed by atoms with Crippen LogP contribution in [0.25, 0.3) is 121 Å². The van der Waals surface area contributed by atoms with Crippen LogP contribution in [0.5, 0.6) is 0 Å². The van der Waals surface area contributed by atoms with Crippen molar-refractivity contribution in [3.8, 4) is 55.6 Å². The minimum Gasteiger partial charge on any atom is -0.456 e. The normalized spacial score (nSPS) is 14.1. The van der Waals surface area contributed by atoms with E-state index in [0.717, 1.165) is 87.2 Å². The summed E-state index contributed by atoms with van der Waals surface area (Å²) in [6, 6.07) is 49.6. The van der Waals surface area contributed by atoms with Gasteiger partial charge in [0.05, 0.1) is 13.7 Å². The molecule has 0 saturated carbocycles. The molecule has 0 saturated heterocycles. The first kappa shape index (κ1) is 24.8. The Morgan fingerprint density at radius 2 is 0.864 bits per heavy atom. The lowest BCUT2D eigenvalue weighted by Gasteiger charge is -2.18. The topological polar surface area (TPSA) is 13.1 Å². The van der Waals surface area contributed by atoms with Gasteiger partial charge in [-0.2, -0.15) is 0 Å². The summed E-state index contributed by atoms with van der Waals surface area (Å²) in [6.07, 6.45) is 0. The second-order valence-electron chi connectivity index (χ2n) is 14.8. The average molecular weight is 759 g/mol. The summed E-state index contributed by atoms with van der Waals surface area (Å²) in [5, 5.41) is 9.53. The fourth-order valence-electron chi connectivity index (χ4n) is 9.03. The predicted octanol–water partition coefficient (Wildman–Crippen LogP) is 16.5. The molecule has 0 amide bonds. The molecule has 0 fully saturated rings. The van der Waals surface area contributed by atoms with Gasteiger partial charge in [-0.1, -0.05) is 188 Å². The van der Waals surface area contributed by atoms with Gasteiger partial charge in [0.2, 0.25) is 0 Å². The van der Waals surface area contributed by atoms with E-state index in [1.165, 1.54) is 0 Å². The number of fused-ring (bicyclic) bond motifs is 8. The van der Waals surface area contributed by atoms with E-state index in [4.69, 9.17) is 18.1 Å². The van der Waals surface area contributed by atoms with Crippen LogP contribution in [0.4, 0.5) is 0 Å². The molecular weight excluding hydrogens is 713 g/mol. The molecule has 0 radical (unpaired) electrons. The van der Waals surface area contributed by atoms with Crippen molar-refractivity contribution in [2.45, 2.75) is 0 Å². The van der Waals surface area contributed by atoms with Crippen molar-refractivity contribution in [3.63, 3.8) is 0 Å². The van der Waals surface area contributed by atoms with Crippen molar-refractivity contribution < 1.29 is 18.1 Å². The van der Waals surface area contributed by atoms with Gasteiger partial charge in [-0.25, -0.2) is 0 Å². The van der Waals surface area contributed by atoms with Crippen LogP contribution in [-0.2, 0) is 0 Å². The highest BCUT2D eigenvalue weighted by Gasteiger charge is 2.18. The van der Waals surface area contributed by atoms with Crippen LogP contribution in [0, 0.1) is 0 Å². The maximum Gasteiger partial charge on any atom is 0.136 e. The zero-order valence-electron chi connectivity index (χ0n) is 41.4. The summed E-state index contributed by atoms with van der Waals surface area (Å²) in [6.45, 7) is 0.